The smallest absolute Gasteiger partial charge is 0.347 e. The SMILES string of the molecule is CCCc1nc(N(C)CC2CC3CCC2C3)sc1C(=O)O. The van der Waals surface area contributed by atoms with E-state index in [9.17, 15) is 9.90 Å². The molecule has 1 N–H and O–H groups in total. The van der Waals surface area contributed by atoms with Crippen LogP contribution < -0.4 is 4.90 Å². The van der Waals surface area contributed by atoms with E-state index in [1.165, 1.54) is 37.0 Å². The number of rotatable bonds is 6. The second-order valence-electron chi connectivity index (χ2n) is 6.64. The topological polar surface area (TPSA) is 53.4 Å². The quantitative estimate of drug-likeness (QED) is 0.871. The Morgan fingerprint density at radius 3 is 2.81 bits per heavy atom. The standard InChI is InChI=1S/C16H24N2O2S/c1-3-4-13-14(15(19)20)21-16(17-13)18(2)9-12-8-10-5-6-11(12)7-10/h10-12H,3-9H2,1-2H3,(H,19,20). The van der Waals surface area contributed by atoms with E-state index in [1.807, 2.05) is 0 Å². The highest BCUT2D eigenvalue weighted by atomic mass is 32.1. The van der Waals surface area contributed by atoms with Gasteiger partial charge in [0.25, 0.3) is 0 Å². The molecule has 2 bridgehead atoms. The van der Waals surface area contributed by atoms with Gasteiger partial charge in [-0.3, -0.25) is 0 Å². The van der Waals surface area contributed by atoms with Crippen LogP contribution in [0.4, 0.5) is 5.13 Å². The first-order valence-electron chi connectivity index (χ1n) is 8.02. The molecular weight excluding hydrogens is 284 g/mol. The number of aryl methyl sites for hydroxylation is 1. The van der Waals surface area contributed by atoms with E-state index in [0.29, 0.717) is 4.88 Å². The molecule has 3 rings (SSSR count). The lowest BCUT2D eigenvalue weighted by Crippen LogP contribution is -2.28. The molecule has 0 aromatic carbocycles. The van der Waals surface area contributed by atoms with Crippen molar-refractivity contribution < 1.29 is 9.90 Å². The number of hydrogen-bond donors (Lipinski definition) is 1. The molecule has 0 radical (unpaired) electrons. The van der Waals surface area contributed by atoms with Gasteiger partial charge in [0, 0.05) is 13.6 Å². The third-order valence-corrected chi connectivity index (χ3v) is 6.29. The first-order valence-corrected chi connectivity index (χ1v) is 8.84. The Bertz CT molecular complexity index is 528. The Kier molecular flexibility index (Phi) is 4.20. The highest BCUT2D eigenvalue weighted by Gasteiger charge is 2.39. The molecule has 1 aromatic heterocycles. The van der Waals surface area contributed by atoms with E-state index in [-0.39, 0.29) is 0 Å². The van der Waals surface area contributed by atoms with E-state index in [1.54, 1.807) is 0 Å². The van der Waals surface area contributed by atoms with Gasteiger partial charge < -0.3 is 10.0 Å². The van der Waals surface area contributed by atoms with E-state index in [2.05, 4.69) is 23.9 Å². The number of fused-ring (bicyclic) bond motifs is 2. The predicted molar refractivity (Wildman–Crippen MR) is 85.3 cm³/mol. The van der Waals surface area contributed by atoms with Gasteiger partial charge in [-0.1, -0.05) is 31.1 Å². The second-order valence-corrected chi connectivity index (χ2v) is 7.62. The summed E-state index contributed by atoms with van der Waals surface area (Å²) in [5, 5.41) is 10.2. The van der Waals surface area contributed by atoms with E-state index in [4.69, 9.17) is 0 Å². The fraction of sp³-hybridized carbons (Fsp3) is 0.750. The average molecular weight is 308 g/mol. The maximum Gasteiger partial charge on any atom is 0.347 e. The van der Waals surface area contributed by atoms with Crippen LogP contribution in [0.2, 0.25) is 0 Å². The number of carboxylic acid groups (broad SMARTS) is 1. The van der Waals surface area contributed by atoms with Gasteiger partial charge >= 0.3 is 5.97 Å². The molecule has 5 heteroatoms. The Labute approximate surface area is 130 Å². The molecule has 2 saturated carbocycles. The molecule has 21 heavy (non-hydrogen) atoms. The summed E-state index contributed by atoms with van der Waals surface area (Å²) in [4.78, 5) is 18.5. The summed E-state index contributed by atoms with van der Waals surface area (Å²) in [6, 6.07) is 0. The number of aromatic nitrogens is 1. The number of carboxylic acids is 1. The number of aromatic carboxylic acids is 1. The van der Waals surface area contributed by atoms with Crippen LogP contribution in [0.5, 0.6) is 0 Å². The van der Waals surface area contributed by atoms with Gasteiger partial charge in [-0.05, 0) is 43.4 Å². The number of nitrogens with zero attached hydrogens (tertiary/aromatic N) is 2. The number of carbonyl (C=O) groups is 1. The van der Waals surface area contributed by atoms with Crippen LogP contribution in [-0.2, 0) is 6.42 Å². The van der Waals surface area contributed by atoms with Gasteiger partial charge in [0.2, 0.25) is 0 Å². The Morgan fingerprint density at radius 1 is 1.43 bits per heavy atom. The van der Waals surface area contributed by atoms with Crippen molar-refractivity contribution in [1.29, 1.82) is 0 Å². The van der Waals surface area contributed by atoms with E-state index in [0.717, 1.165) is 48.0 Å². The van der Waals surface area contributed by atoms with Crippen LogP contribution in [0.1, 0.15) is 54.4 Å². The zero-order chi connectivity index (χ0) is 15.0. The third kappa shape index (κ3) is 2.93. The summed E-state index contributed by atoms with van der Waals surface area (Å²) in [5.74, 6) is 1.79. The van der Waals surface area contributed by atoms with Gasteiger partial charge in [-0.25, -0.2) is 9.78 Å². The maximum atomic E-state index is 11.3. The fourth-order valence-electron chi connectivity index (χ4n) is 4.11. The van der Waals surface area contributed by atoms with Crippen molar-refractivity contribution >= 4 is 22.4 Å². The van der Waals surface area contributed by atoms with Crippen LogP contribution in [0.25, 0.3) is 0 Å². The van der Waals surface area contributed by atoms with Crippen LogP contribution in [0.15, 0.2) is 0 Å². The summed E-state index contributed by atoms with van der Waals surface area (Å²) in [7, 11) is 2.06. The molecule has 4 nitrogen and oxygen atoms in total. The zero-order valence-electron chi connectivity index (χ0n) is 12.8. The normalized spacial score (nSPS) is 27.2. The molecule has 0 amide bonds. The van der Waals surface area contributed by atoms with Gasteiger partial charge in [0.15, 0.2) is 5.13 Å². The average Bonchev–Trinajstić information content (AvgIpc) is 3.12. The third-order valence-electron chi connectivity index (χ3n) is 5.09. The number of anilines is 1. The van der Waals surface area contributed by atoms with Crippen molar-refractivity contribution in [3.05, 3.63) is 10.6 Å². The molecule has 0 aliphatic heterocycles. The summed E-state index contributed by atoms with van der Waals surface area (Å²) in [6.07, 6.45) is 7.26. The van der Waals surface area contributed by atoms with Crippen molar-refractivity contribution in [3.8, 4) is 0 Å². The van der Waals surface area contributed by atoms with E-state index >= 15 is 0 Å². The largest absolute Gasteiger partial charge is 0.477 e. The van der Waals surface area contributed by atoms with Gasteiger partial charge in [0.05, 0.1) is 5.69 Å². The van der Waals surface area contributed by atoms with Crippen LogP contribution >= 0.6 is 11.3 Å². The van der Waals surface area contributed by atoms with Crippen molar-refractivity contribution in [2.45, 2.75) is 45.4 Å². The number of thiazole rings is 1. The lowest BCUT2D eigenvalue weighted by atomic mass is 9.88. The number of hydrogen-bond acceptors (Lipinski definition) is 4. The summed E-state index contributed by atoms with van der Waals surface area (Å²) < 4.78 is 0. The zero-order valence-corrected chi connectivity index (χ0v) is 13.7. The Hall–Kier alpha value is -1.10. The first-order chi connectivity index (χ1) is 10.1. The van der Waals surface area contributed by atoms with Crippen molar-refractivity contribution in [1.82, 2.24) is 4.98 Å². The minimum atomic E-state index is -0.837. The molecule has 0 saturated heterocycles. The van der Waals surface area contributed by atoms with E-state index < -0.39 is 5.97 Å². The van der Waals surface area contributed by atoms with Crippen molar-refractivity contribution in [2.75, 3.05) is 18.5 Å². The molecule has 2 fully saturated rings. The van der Waals surface area contributed by atoms with Crippen LogP contribution in [0.3, 0.4) is 0 Å². The highest BCUT2D eigenvalue weighted by Crippen LogP contribution is 2.48. The molecule has 3 atom stereocenters. The predicted octanol–water partition coefficient (Wildman–Crippen LogP) is 3.67. The molecule has 1 heterocycles. The summed E-state index contributed by atoms with van der Waals surface area (Å²) >= 11 is 1.33. The maximum absolute atomic E-state index is 11.3. The van der Waals surface area contributed by atoms with Crippen LogP contribution in [-0.4, -0.2) is 29.7 Å². The minimum Gasteiger partial charge on any atom is -0.477 e. The highest BCUT2D eigenvalue weighted by molar-refractivity contribution is 7.17. The summed E-state index contributed by atoms with van der Waals surface area (Å²) in [5.41, 5.74) is 0.754. The van der Waals surface area contributed by atoms with Gasteiger partial charge in [-0.2, -0.15) is 0 Å². The fourth-order valence-corrected chi connectivity index (χ4v) is 5.03. The molecular formula is C16H24N2O2S. The molecule has 116 valence electrons. The molecule has 0 spiro atoms. The summed E-state index contributed by atoms with van der Waals surface area (Å²) in [6.45, 7) is 3.09. The van der Waals surface area contributed by atoms with Crippen molar-refractivity contribution in [3.63, 3.8) is 0 Å². The van der Waals surface area contributed by atoms with Gasteiger partial charge in [-0.15, -0.1) is 0 Å². The molecule has 2 aliphatic rings. The Balaban J connectivity index is 1.70. The van der Waals surface area contributed by atoms with Crippen LogP contribution in [0, 0.1) is 17.8 Å². The van der Waals surface area contributed by atoms with Gasteiger partial charge in [0.1, 0.15) is 4.88 Å². The Morgan fingerprint density at radius 2 is 2.24 bits per heavy atom. The van der Waals surface area contributed by atoms with Crippen molar-refractivity contribution in [2.24, 2.45) is 17.8 Å². The molecule has 3 unspecified atom stereocenters. The first kappa shape index (κ1) is 14.8. The molecule has 2 aliphatic carbocycles. The monoisotopic (exact) mass is 308 g/mol. The minimum absolute atomic E-state index is 0.423. The second kappa shape index (κ2) is 5.95. The lowest BCUT2D eigenvalue weighted by molar-refractivity contribution is 0.0700. The molecule has 1 aromatic rings. The lowest BCUT2D eigenvalue weighted by Gasteiger charge is -2.26.